The van der Waals surface area contributed by atoms with Crippen molar-refractivity contribution in [1.29, 1.82) is 0 Å². The third kappa shape index (κ3) is 1.69. The number of rotatable bonds is 2. The maximum Gasteiger partial charge on any atom is 0.136 e. The van der Waals surface area contributed by atoms with Gasteiger partial charge in [-0.15, -0.1) is 0 Å². The molecule has 0 heterocycles. The molecule has 1 rings (SSSR count). The van der Waals surface area contributed by atoms with E-state index in [1.54, 1.807) is 0 Å². The molecule has 0 N–H and O–H groups in total. The van der Waals surface area contributed by atoms with Gasteiger partial charge in [0, 0.05) is 12.3 Å². The summed E-state index contributed by atoms with van der Waals surface area (Å²) in [6.45, 7) is 1.95. The first-order valence-corrected chi connectivity index (χ1v) is 4.02. The second kappa shape index (κ2) is 3.55. The summed E-state index contributed by atoms with van der Waals surface area (Å²) in [4.78, 5) is 11.1. The Bertz CT molecular complexity index is 147. The minimum atomic E-state index is 0.343. The molecule has 1 heteroatoms. The zero-order chi connectivity index (χ0) is 7.40. The number of hydrogen-bond acceptors (Lipinski definition) is 1. The van der Waals surface area contributed by atoms with Gasteiger partial charge < -0.3 is 0 Å². The van der Waals surface area contributed by atoms with Gasteiger partial charge in [-0.2, -0.15) is 0 Å². The molecule has 0 fully saturated rings. The average Bonchev–Trinajstić information content (AvgIpc) is 2.05. The zero-order valence-electron chi connectivity index (χ0n) is 6.47. The maximum atomic E-state index is 11.1. The van der Waals surface area contributed by atoms with Crippen LogP contribution in [0, 0.1) is 5.92 Å². The lowest BCUT2D eigenvalue weighted by Gasteiger charge is -2.14. The maximum absolute atomic E-state index is 11.1. The molecule has 0 amide bonds. The van der Waals surface area contributed by atoms with Gasteiger partial charge in [-0.25, -0.2) is 0 Å². The van der Waals surface area contributed by atoms with Crippen LogP contribution in [-0.4, -0.2) is 5.78 Å². The molecule has 1 aliphatic rings. The van der Waals surface area contributed by atoms with Gasteiger partial charge in [0.25, 0.3) is 0 Å². The minimum Gasteiger partial charge on any atom is -0.299 e. The second-order valence-corrected chi connectivity index (χ2v) is 2.80. The van der Waals surface area contributed by atoms with E-state index >= 15 is 0 Å². The molecule has 0 aliphatic heterocycles. The standard InChI is InChI=1S/C9H14O/c1-2-9(10)8-6-4-3-5-7-8/h3-4,8H,2,5-7H2,1H3. The lowest BCUT2D eigenvalue weighted by molar-refractivity contribution is -0.122. The smallest absolute Gasteiger partial charge is 0.136 e. The largest absolute Gasteiger partial charge is 0.299 e. The van der Waals surface area contributed by atoms with E-state index in [9.17, 15) is 4.79 Å². The highest BCUT2D eigenvalue weighted by atomic mass is 16.1. The Morgan fingerprint density at radius 3 is 2.90 bits per heavy atom. The number of carbonyl (C=O) groups excluding carboxylic acids is 1. The van der Waals surface area contributed by atoms with E-state index in [-0.39, 0.29) is 0 Å². The molecule has 1 atom stereocenters. The van der Waals surface area contributed by atoms with Crippen molar-refractivity contribution < 1.29 is 4.79 Å². The zero-order valence-corrected chi connectivity index (χ0v) is 6.47. The van der Waals surface area contributed by atoms with Crippen LogP contribution in [0.15, 0.2) is 12.2 Å². The first-order valence-electron chi connectivity index (χ1n) is 4.02. The predicted octanol–water partition coefficient (Wildman–Crippen LogP) is 2.32. The van der Waals surface area contributed by atoms with Crippen molar-refractivity contribution in [3.05, 3.63) is 12.2 Å². The lowest BCUT2D eigenvalue weighted by Crippen LogP contribution is -2.14. The van der Waals surface area contributed by atoms with Crippen molar-refractivity contribution in [2.45, 2.75) is 32.6 Å². The van der Waals surface area contributed by atoms with E-state index in [0.717, 1.165) is 19.3 Å². The van der Waals surface area contributed by atoms with E-state index in [0.29, 0.717) is 18.1 Å². The SMILES string of the molecule is CCC(=O)C1CC=CCC1. The minimum absolute atomic E-state index is 0.343. The molecular formula is C9H14O. The highest BCUT2D eigenvalue weighted by molar-refractivity contribution is 5.80. The van der Waals surface area contributed by atoms with Crippen LogP contribution in [0.2, 0.25) is 0 Å². The van der Waals surface area contributed by atoms with Crippen LogP contribution in [0.4, 0.5) is 0 Å². The molecule has 0 bridgehead atoms. The Morgan fingerprint density at radius 1 is 1.60 bits per heavy atom. The third-order valence-corrected chi connectivity index (χ3v) is 2.07. The van der Waals surface area contributed by atoms with Crippen LogP contribution in [0.25, 0.3) is 0 Å². The molecule has 10 heavy (non-hydrogen) atoms. The summed E-state index contributed by atoms with van der Waals surface area (Å²) in [6.07, 6.45) is 8.14. The van der Waals surface area contributed by atoms with Crippen molar-refractivity contribution in [2.24, 2.45) is 5.92 Å². The van der Waals surface area contributed by atoms with Gasteiger partial charge in [-0.05, 0) is 19.3 Å². The van der Waals surface area contributed by atoms with Crippen LogP contribution in [0.1, 0.15) is 32.6 Å². The fourth-order valence-corrected chi connectivity index (χ4v) is 1.37. The van der Waals surface area contributed by atoms with Gasteiger partial charge in [0.15, 0.2) is 0 Å². The van der Waals surface area contributed by atoms with Crippen LogP contribution in [0.3, 0.4) is 0 Å². The number of allylic oxidation sites excluding steroid dienone is 2. The van der Waals surface area contributed by atoms with Crippen molar-refractivity contribution in [3.8, 4) is 0 Å². The van der Waals surface area contributed by atoms with Crippen LogP contribution in [0.5, 0.6) is 0 Å². The van der Waals surface area contributed by atoms with Gasteiger partial charge >= 0.3 is 0 Å². The van der Waals surface area contributed by atoms with E-state index < -0.39 is 0 Å². The number of ketones is 1. The molecule has 0 spiro atoms. The summed E-state index contributed by atoms with van der Waals surface area (Å²) in [5, 5.41) is 0. The Hall–Kier alpha value is -0.590. The van der Waals surface area contributed by atoms with Gasteiger partial charge in [0.2, 0.25) is 0 Å². The highest BCUT2D eigenvalue weighted by Crippen LogP contribution is 2.19. The molecule has 1 nitrogen and oxygen atoms in total. The Labute approximate surface area is 62.1 Å². The Kier molecular flexibility index (Phi) is 2.67. The third-order valence-electron chi connectivity index (χ3n) is 2.07. The van der Waals surface area contributed by atoms with Crippen LogP contribution >= 0.6 is 0 Å². The predicted molar refractivity (Wildman–Crippen MR) is 41.8 cm³/mol. The van der Waals surface area contributed by atoms with Crippen LogP contribution in [-0.2, 0) is 4.79 Å². The van der Waals surface area contributed by atoms with E-state index in [1.165, 1.54) is 0 Å². The molecule has 0 radical (unpaired) electrons. The molecule has 0 saturated heterocycles. The molecule has 56 valence electrons. The summed E-state index contributed by atoms with van der Waals surface area (Å²) in [6, 6.07) is 0. The van der Waals surface area contributed by atoms with Gasteiger partial charge in [-0.1, -0.05) is 19.1 Å². The Morgan fingerprint density at radius 2 is 2.40 bits per heavy atom. The van der Waals surface area contributed by atoms with Crippen molar-refractivity contribution in [1.82, 2.24) is 0 Å². The van der Waals surface area contributed by atoms with E-state index in [4.69, 9.17) is 0 Å². The summed E-state index contributed by atoms with van der Waals surface area (Å²) in [5.41, 5.74) is 0. The summed E-state index contributed by atoms with van der Waals surface area (Å²) >= 11 is 0. The fraction of sp³-hybridized carbons (Fsp3) is 0.667. The van der Waals surface area contributed by atoms with Crippen molar-refractivity contribution in [2.75, 3.05) is 0 Å². The van der Waals surface area contributed by atoms with E-state index in [1.807, 2.05) is 6.92 Å². The van der Waals surface area contributed by atoms with E-state index in [2.05, 4.69) is 12.2 Å². The van der Waals surface area contributed by atoms with Crippen LogP contribution < -0.4 is 0 Å². The van der Waals surface area contributed by atoms with Gasteiger partial charge in [0.05, 0.1) is 0 Å². The monoisotopic (exact) mass is 138 g/mol. The number of hydrogen-bond donors (Lipinski definition) is 0. The lowest BCUT2D eigenvalue weighted by atomic mass is 9.90. The highest BCUT2D eigenvalue weighted by Gasteiger charge is 2.15. The summed E-state index contributed by atoms with van der Waals surface area (Å²) in [7, 11) is 0. The van der Waals surface area contributed by atoms with Crippen molar-refractivity contribution >= 4 is 5.78 Å². The molecule has 0 aromatic carbocycles. The van der Waals surface area contributed by atoms with Crippen molar-refractivity contribution in [3.63, 3.8) is 0 Å². The quantitative estimate of drug-likeness (QED) is 0.535. The molecule has 1 unspecified atom stereocenters. The first kappa shape index (κ1) is 7.52. The summed E-state index contributed by atoms with van der Waals surface area (Å²) in [5.74, 6) is 0.777. The molecule has 1 aliphatic carbocycles. The molecular weight excluding hydrogens is 124 g/mol. The number of carbonyl (C=O) groups is 1. The molecule has 0 aromatic heterocycles. The molecule has 0 saturated carbocycles. The van der Waals surface area contributed by atoms with Gasteiger partial charge in [-0.3, -0.25) is 4.79 Å². The average molecular weight is 138 g/mol. The fourth-order valence-electron chi connectivity index (χ4n) is 1.37. The topological polar surface area (TPSA) is 17.1 Å². The number of Topliss-reactive ketones (excluding diaryl/α,β-unsaturated/α-hetero) is 1. The normalized spacial score (nSPS) is 24.7. The second-order valence-electron chi connectivity index (χ2n) is 2.80. The van der Waals surface area contributed by atoms with Gasteiger partial charge in [0.1, 0.15) is 5.78 Å². The Balaban J connectivity index is 2.41. The first-order chi connectivity index (χ1) is 4.84. The summed E-state index contributed by atoms with van der Waals surface area (Å²) < 4.78 is 0. The molecule has 0 aromatic rings.